The maximum atomic E-state index is 10.1. The molecule has 30 heavy (non-hydrogen) atoms. The van der Waals surface area contributed by atoms with E-state index < -0.39 is 0 Å². The summed E-state index contributed by atoms with van der Waals surface area (Å²) in [5.41, 5.74) is 6.70. The Balaban J connectivity index is 1.54. The topological polar surface area (TPSA) is 83.2 Å². The highest BCUT2D eigenvalue weighted by Crippen LogP contribution is 2.42. The average Bonchev–Trinajstić information content (AvgIpc) is 3.11. The van der Waals surface area contributed by atoms with Crippen molar-refractivity contribution in [1.82, 2.24) is 14.5 Å². The van der Waals surface area contributed by atoms with Gasteiger partial charge in [0.05, 0.1) is 17.1 Å². The summed E-state index contributed by atoms with van der Waals surface area (Å²) in [5.74, 6) is 0.707. The summed E-state index contributed by atoms with van der Waals surface area (Å²) in [6.07, 6.45) is 4.40. The minimum absolute atomic E-state index is 0.0891. The van der Waals surface area contributed by atoms with E-state index in [0.717, 1.165) is 52.6 Å². The van der Waals surface area contributed by atoms with E-state index in [9.17, 15) is 10.2 Å². The fraction of sp³-hybridized carbons (Fsp3) is 0.167. The molecule has 4 aromatic rings. The summed E-state index contributed by atoms with van der Waals surface area (Å²) in [4.78, 5) is 9.24. The second kappa shape index (κ2) is 7.22. The van der Waals surface area contributed by atoms with Gasteiger partial charge in [-0.1, -0.05) is 30.3 Å². The van der Waals surface area contributed by atoms with Gasteiger partial charge in [0.25, 0.3) is 0 Å². The Morgan fingerprint density at radius 3 is 2.67 bits per heavy atom. The van der Waals surface area contributed by atoms with Gasteiger partial charge in [0.15, 0.2) is 11.5 Å². The lowest BCUT2D eigenvalue weighted by molar-refractivity contribution is 0.403. The molecule has 0 aliphatic carbocycles. The molecule has 0 spiro atoms. The molecule has 1 aliphatic heterocycles. The van der Waals surface area contributed by atoms with E-state index in [0.29, 0.717) is 6.54 Å². The number of aromatic nitrogens is 3. The number of phenolic OH excluding ortho intramolecular Hbond substituents is 2. The van der Waals surface area contributed by atoms with Crippen LogP contribution in [0.3, 0.4) is 0 Å². The van der Waals surface area contributed by atoms with Crippen LogP contribution in [0.15, 0.2) is 60.9 Å². The van der Waals surface area contributed by atoms with Gasteiger partial charge in [-0.15, -0.1) is 0 Å². The number of hydrogen-bond donors (Lipinski definition) is 3. The van der Waals surface area contributed by atoms with Crippen LogP contribution < -0.4 is 5.32 Å². The van der Waals surface area contributed by atoms with Crippen molar-refractivity contribution in [2.45, 2.75) is 26.4 Å². The van der Waals surface area contributed by atoms with Gasteiger partial charge in [-0.05, 0) is 42.7 Å². The molecule has 2 aromatic heterocycles. The van der Waals surface area contributed by atoms with Gasteiger partial charge in [0, 0.05) is 36.6 Å². The van der Waals surface area contributed by atoms with E-state index in [-0.39, 0.29) is 11.5 Å². The Labute approximate surface area is 174 Å². The predicted molar refractivity (Wildman–Crippen MR) is 116 cm³/mol. The molecule has 0 radical (unpaired) electrons. The highest BCUT2D eigenvalue weighted by atomic mass is 16.3. The summed E-state index contributed by atoms with van der Waals surface area (Å²) >= 11 is 0. The van der Waals surface area contributed by atoms with Crippen molar-refractivity contribution in [3.05, 3.63) is 77.9 Å². The number of nitrogens with one attached hydrogen (secondary N) is 1. The molecule has 6 heteroatoms. The van der Waals surface area contributed by atoms with Crippen LogP contribution in [0, 0.1) is 6.92 Å². The molecule has 1 aliphatic rings. The van der Waals surface area contributed by atoms with E-state index >= 15 is 0 Å². The second-order valence-corrected chi connectivity index (χ2v) is 7.56. The molecule has 0 bridgehead atoms. The third-order valence-corrected chi connectivity index (χ3v) is 5.57. The first-order valence-electron chi connectivity index (χ1n) is 9.96. The lowest BCUT2D eigenvalue weighted by Crippen LogP contribution is -2.12. The smallest absolute Gasteiger partial charge is 0.158 e. The van der Waals surface area contributed by atoms with E-state index in [1.165, 1.54) is 5.56 Å². The number of fused-ring (bicyclic) bond motifs is 3. The highest BCUT2D eigenvalue weighted by Gasteiger charge is 2.25. The standard InChI is InChI=1S/C24H22N4O2/c1-15-27-23(24-20-11-22(30)21(29)10-17(20)7-8-28(15)24)18-9-19(14-25-13-18)26-12-16-5-3-2-4-6-16/h2-6,9-11,13-14,26,29-30H,7-8,12H2,1H3. The van der Waals surface area contributed by atoms with Crippen molar-refractivity contribution in [2.75, 3.05) is 5.32 Å². The summed E-state index contributed by atoms with van der Waals surface area (Å²) < 4.78 is 2.16. The minimum Gasteiger partial charge on any atom is -0.504 e. The molecule has 0 fully saturated rings. The number of hydrogen-bond acceptors (Lipinski definition) is 5. The average molecular weight is 398 g/mol. The summed E-state index contributed by atoms with van der Waals surface area (Å²) in [6.45, 7) is 3.48. The molecule has 2 aromatic carbocycles. The maximum Gasteiger partial charge on any atom is 0.158 e. The molecule has 0 saturated heterocycles. The third-order valence-electron chi connectivity index (χ3n) is 5.57. The maximum absolute atomic E-state index is 10.1. The summed E-state index contributed by atoms with van der Waals surface area (Å²) in [7, 11) is 0. The molecule has 6 nitrogen and oxygen atoms in total. The Morgan fingerprint density at radius 1 is 1.03 bits per heavy atom. The van der Waals surface area contributed by atoms with Crippen molar-refractivity contribution in [3.8, 4) is 34.0 Å². The van der Waals surface area contributed by atoms with Gasteiger partial charge in [-0.25, -0.2) is 4.98 Å². The monoisotopic (exact) mass is 398 g/mol. The number of phenols is 2. The van der Waals surface area contributed by atoms with Crippen molar-refractivity contribution < 1.29 is 10.2 Å². The number of anilines is 1. The van der Waals surface area contributed by atoms with Gasteiger partial charge >= 0.3 is 0 Å². The van der Waals surface area contributed by atoms with Crippen LogP contribution in [0.1, 0.15) is 17.0 Å². The lowest BCUT2D eigenvalue weighted by Gasteiger charge is -2.21. The van der Waals surface area contributed by atoms with Gasteiger partial charge in [-0.2, -0.15) is 0 Å². The number of aryl methyl sites for hydroxylation is 2. The zero-order valence-electron chi connectivity index (χ0n) is 16.6. The number of imidazole rings is 1. The van der Waals surface area contributed by atoms with Crippen molar-refractivity contribution in [1.29, 1.82) is 0 Å². The van der Waals surface area contributed by atoms with Crippen molar-refractivity contribution in [2.24, 2.45) is 0 Å². The fourth-order valence-electron chi connectivity index (χ4n) is 4.06. The molecule has 5 rings (SSSR count). The number of nitrogens with zero attached hydrogens (tertiary/aromatic N) is 3. The highest BCUT2D eigenvalue weighted by molar-refractivity contribution is 5.83. The molecular formula is C24H22N4O2. The molecule has 150 valence electrons. The van der Waals surface area contributed by atoms with Crippen LogP contribution in [0.2, 0.25) is 0 Å². The van der Waals surface area contributed by atoms with Crippen LogP contribution in [-0.2, 0) is 19.5 Å². The Bertz CT molecular complexity index is 1230. The zero-order chi connectivity index (χ0) is 20.7. The van der Waals surface area contributed by atoms with Crippen LogP contribution in [0.25, 0.3) is 22.5 Å². The normalized spacial score (nSPS) is 12.3. The van der Waals surface area contributed by atoms with Crippen LogP contribution in [0.4, 0.5) is 5.69 Å². The number of aromatic hydroxyl groups is 2. The fourth-order valence-corrected chi connectivity index (χ4v) is 4.06. The molecule has 0 atom stereocenters. The van der Waals surface area contributed by atoms with Gasteiger partial charge in [0.2, 0.25) is 0 Å². The third kappa shape index (κ3) is 3.16. The van der Waals surface area contributed by atoms with Gasteiger partial charge < -0.3 is 20.1 Å². The molecule has 0 unspecified atom stereocenters. The first-order chi connectivity index (χ1) is 14.6. The first kappa shape index (κ1) is 18.2. The largest absolute Gasteiger partial charge is 0.504 e. The van der Waals surface area contributed by atoms with Gasteiger partial charge in [0.1, 0.15) is 5.82 Å². The summed E-state index contributed by atoms with van der Waals surface area (Å²) in [6, 6.07) is 15.5. The van der Waals surface area contributed by atoms with E-state index in [2.05, 4.69) is 27.0 Å². The van der Waals surface area contributed by atoms with Crippen LogP contribution >= 0.6 is 0 Å². The number of rotatable bonds is 4. The van der Waals surface area contributed by atoms with Crippen LogP contribution in [-0.4, -0.2) is 24.7 Å². The molecule has 0 saturated carbocycles. The number of benzene rings is 2. The van der Waals surface area contributed by atoms with Crippen LogP contribution in [0.5, 0.6) is 11.5 Å². The quantitative estimate of drug-likeness (QED) is 0.441. The SMILES string of the molecule is Cc1nc(-c2cncc(NCc3ccccc3)c2)c2n1CCc1cc(O)c(O)cc1-2. The zero-order valence-corrected chi connectivity index (χ0v) is 16.6. The van der Waals surface area contributed by atoms with Crippen molar-refractivity contribution >= 4 is 5.69 Å². The molecule has 3 N–H and O–H groups in total. The molecule has 3 heterocycles. The Kier molecular flexibility index (Phi) is 4.39. The minimum atomic E-state index is -0.122. The van der Waals surface area contributed by atoms with Crippen molar-refractivity contribution in [3.63, 3.8) is 0 Å². The molecule has 0 amide bonds. The summed E-state index contributed by atoms with van der Waals surface area (Å²) in [5, 5.41) is 23.4. The second-order valence-electron chi connectivity index (χ2n) is 7.56. The first-order valence-corrected chi connectivity index (χ1v) is 9.96. The lowest BCUT2D eigenvalue weighted by atomic mass is 9.95. The molecular weight excluding hydrogens is 376 g/mol. The Hall–Kier alpha value is -3.80. The van der Waals surface area contributed by atoms with Gasteiger partial charge in [-0.3, -0.25) is 4.98 Å². The van der Waals surface area contributed by atoms with E-state index in [4.69, 9.17) is 4.98 Å². The van der Waals surface area contributed by atoms with E-state index in [1.807, 2.05) is 37.4 Å². The predicted octanol–water partition coefficient (Wildman–Crippen LogP) is 4.50. The Morgan fingerprint density at radius 2 is 1.83 bits per heavy atom. The number of pyridine rings is 1. The van der Waals surface area contributed by atoms with E-state index in [1.54, 1.807) is 18.3 Å².